The smallest absolute Gasteiger partial charge is 0.304 e. The molecule has 1 rings (SSSR count). The third-order valence-electron chi connectivity index (χ3n) is 2.80. The molecule has 0 aliphatic heterocycles. The van der Waals surface area contributed by atoms with Gasteiger partial charge in [-0.05, 0) is 40.2 Å². The van der Waals surface area contributed by atoms with E-state index in [9.17, 15) is 9.90 Å². The molecule has 0 aliphatic rings. The van der Waals surface area contributed by atoms with Crippen molar-refractivity contribution in [3.8, 4) is 11.5 Å². The van der Waals surface area contributed by atoms with E-state index in [-0.39, 0.29) is 12.2 Å². The first-order valence-electron chi connectivity index (χ1n) is 5.97. The van der Waals surface area contributed by atoms with Gasteiger partial charge in [0.2, 0.25) is 0 Å². The third-order valence-corrected chi connectivity index (χ3v) is 3.41. The summed E-state index contributed by atoms with van der Waals surface area (Å²) in [6, 6.07) is 3.56. The van der Waals surface area contributed by atoms with Crippen molar-refractivity contribution in [2.24, 2.45) is 0 Å². The molecule has 0 amide bonds. The van der Waals surface area contributed by atoms with Gasteiger partial charge in [-0.1, -0.05) is 6.92 Å². The second-order valence-electron chi connectivity index (χ2n) is 4.14. The van der Waals surface area contributed by atoms with Gasteiger partial charge < -0.3 is 14.9 Å². The Hall–Kier alpha value is -1.27. The molecule has 0 unspecified atom stereocenters. The molecule has 0 saturated carbocycles. The van der Waals surface area contributed by atoms with Crippen LogP contribution >= 0.6 is 15.9 Å². The minimum atomic E-state index is -0.803. The zero-order chi connectivity index (χ0) is 14.4. The molecule has 0 fully saturated rings. The Labute approximate surface area is 120 Å². The van der Waals surface area contributed by atoms with Crippen molar-refractivity contribution in [3.05, 3.63) is 22.2 Å². The highest BCUT2D eigenvalue weighted by Crippen LogP contribution is 2.35. The zero-order valence-electron chi connectivity index (χ0n) is 11.0. The Balaban J connectivity index is 2.79. The number of methoxy groups -OCH3 is 1. The average Bonchev–Trinajstić information content (AvgIpc) is 2.38. The SMILES string of the molecule is CCN(CCC(=O)O)Cc1cc(Br)c(O)c(OC)c1. The molecule has 2 N–H and O–H groups in total. The molecule has 0 radical (unpaired) electrons. The van der Waals surface area contributed by atoms with Crippen LogP contribution in [-0.4, -0.2) is 41.3 Å². The average molecular weight is 332 g/mol. The molecule has 0 atom stereocenters. The monoisotopic (exact) mass is 331 g/mol. The highest BCUT2D eigenvalue weighted by atomic mass is 79.9. The van der Waals surface area contributed by atoms with Crippen molar-refractivity contribution in [1.29, 1.82) is 0 Å². The number of nitrogens with zero attached hydrogens (tertiary/aromatic N) is 1. The molecule has 0 saturated heterocycles. The molecular formula is C13H18BrNO4. The minimum absolute atomic E-state index is 0.0693. The summed E-state index contributed by atoms with van der Waals surface area (Å²) in [6.45, 7) is 3.84. The van der Waals surface area contributed by atoms with E-state index >= 15 is 0 Å². The Morgan fingerprint density at radius 1 is 1.47 bits per heavy atom. The van der Waals surface area contributed by atoms with Gasteiger partial charge in [0, 0.05) is 13.1 Å². The lowest BCUT2D eigenvalue weighted by Gasteiger charge is -2.20. The van der Waals surface area contributed by atoms with Crippen LogP contribution in [0.25, 0.3) is 0 Å². The van der Waals surface area contributed by atoms with Crippen LogP contribution in [0.4, 0.5) is 0 Å². The predicted molar refractivity (Wildman–Crippen MR) is 75.6 cm³/mol. The lowest BCUT2D eigenvalue weighted by atomic mass is 10.2. The van der Waals surface area contributed by atoms with E-state index in [1.165, 1.54) is 7.11 Å². The van der Waals surface area contributed by atoms with Crippen LogP contribution < -0.4 is 4.74 Å². The van der Waals surface area contributed by atoms with Crippen LogP contribution in [0.1, 0.15) is 18.9 Å². The van der Waals surface area contributed by atoms with Gasteiger partial charge in [0.15, 0.2) is 11.5 Å². The molecule has 0 aliphatic carbocycles. The number of hydrogen-bond acceptors (Lipinski definition) is 4. The van der Waals surface area contributed by atoms with Crippen molar-refractivity contribution < 1.29 is 19.7 Å². The lowest BCUT2D eigenvalue weighted by Crippen LogP contribution is -2.25. The van der Waals surface area contributed by atoms with Gasteiger partial charge in [-0.15, -0.1) is 0 Å². The van der Waals surface area contributed by atoms with E-state index in [2.05, 4.69) is 15.9 Å². The summed E-state index contributed by atoms with van der Waals surface area (Å²) in [7, 11) is 1.49. The van der Waals surface area contributed by atoms with Crippen molar-refractivity contribution >= 4 is 21.9 Å². The number of phenols is 1. The maximum Gasteiger partial charge on any atom is 0.304 e. The summed E-state index contributed by atoms with van der Waals surface area (Å²) in [5, 5.41) is 18.4. The molecule has 6 heteroatoms. The fourth-order valence-electron chi connectivity index (χ4n) is 1.74. The van der Waals surface area contributed by atoms with E-state index < -0.39 is 5.97 Å². The first-order valence-corrected chi connectivity index (χ1v) is 6.76. The Morgan fingerprint density at radius 3 is 2.68 bits per heavy atom. The molecule has 1 aromatic carbocycles. The second kappa shape index (κ2) is 7.35. The molecule has 0 heterocycles. The number of benzene rings is 1. The number of carboxylic acids is 1. The molecule has 19 heavy (non-hydrogen) atoms. The van der Waals surface area contributed by atoms with Gasteiger partial charge in [-0.2, -0.15) is 0 Å². The minimum Gasteiger partial charge on any atom is -0.503 e. The largest absolute Gasteiger partial charge is 0.503 e. The standard InChI is InChI=1S/C13H18BrNO4/c1-3-15(5-4-12(16)17)8-9-6-10(14)13(18)11(7-9)19-2/h6-7,18H,3-5,8H2,1-2H3,(H,16,17). The summed E-state index contributed by atoms with van der Waals surface area (Å²) in [6.07, 6.45) is 0.115. The van der Waals surface area contributed by atoms with Crippen LogP contribution in [0, 0.1) is 0 Å². The predicted octanol–water partition coefficient (Wildman–Crippen LogP) is 2.46. The van der Waals surface area contributed by atoms with E-state index in [1.807, 2.05) is 11.8 Å². The molecule has 5 nitrogen and oxygen atoms in total. The number of aliphatic carboxylic acids is 1. The fraction of sp³-hybridized carbons (Fsp3) is 0.462. The molecule has 0 aromatic heterocycles. The molecule has 106 valence electrons. The first-order chi connectivity index (χ1) is 8.97. The first kappa shape index (κ1) is 15.8. The van der Waals surface area contributed by atoms with Gasteiger partial charge in [0.1, 0.15) is 0 Å². The van der Waals surface area contributed by atoms with Gasteiger partial charge in [0.05, 0.1) is 18.0 Å². The van der Waals surface area contributed by atoms with Crippen molar-refractivity contribution in [1.82, 2.24) is 4.90 Å². The molecule has 1 aromatic rings. The third kappa shape index (κ3) is 4.72. The van der Waals surface area contributed by atoms with E-state index in [0.717, 1.165) is 12.1 Å². The fourth-order valence-corrected chi connectivity index (χ4v) is 2.22. The quantitative estimate of drug-likeness (QED) is 0.803. The number of halogens is 1. The van der Waals surface area contributed by atoms with Crippen molar-refractivity contribution in [3.63, 3.8) is 0 Å². The maximum atomic E-state index is 10.6. The second-order valence-corrected chi connectivity index (χ2v) is 5.00. The number of hydrogen-bond donors (Lipinski definition) is 2. The highest BCUT2D eigenvalue weighted by molar-refractivity contribution is 9.10. The zero-order valence-corrected chi connectivity index (χ0v) is 12.6. The van der Waals surface area contributed by atoms with E-state index in [4.69, 9.17) is 9.84 Å². The summed E-state index contributed by atoms with van der Waals surface area (Å²) < 4.78 is 5.65. The molecular weight excluding hydrogens is 314 g/mol. The van der Waals surface area contributed by atoms with Crippen LogP contribution in [0.3, 0.4) is 0 Å². The highest BCUT2D eigenvalue weighted by Gasteiger charge is 2.11. The van der Waals surface area contributed by atoms with Crippen LogP contribution in [0.5, 0.6) is 11.5 Å². The van der Waals surface area contributed by atoms with E-state index in [1.54, 1.807) is 12.1 Å². The number of rotatable bonds is 7. The van der Waals surface area contributed by atoms with Crippen LogP contribution in [0.2, 0.25) is 0 Å². The lowest BCUT2D eigenvalue weighted by molar-refractivity contribution is -0.137. The molecule has 0 bridgehead atoms. The van der Waals surface area contributed by atoms with Crippen molar-refractivity contribution in [2.45, 2.75) is 19.9 Å². The van der Waals surface area contributed by atoms with Gasteiger partial charge in [0.25, 0.3) is 0 Å². The van der Waals surface area contributed by atoms with Crippen LogP contribution in [0.15, 0.2) is 16.6 Å². The Morgan fingerprint density at radius 2 is 2.16 bits per heavy atom. The Bertz CT molecular complexity index is 451. The number of carbonyl (C=O) groups is 1. The van der Waals surface area contributed by atoms with Crippen molar-refractivity contribution in [2.75, 3.05) is 20.2 Å². The summed E-state index contributed by atoms with van der Waals surface area (Å²) >= 11 is 3.27. The number of phenolic OH excluding ortho intramolecular Hbond substituents is 1. The van der Waals surface area contributed by atoms with E-state index in [0.29, 0.717) is 23.3 Å². The van der Waals surface area contributed by atoms with Crippen LogP contribution in [-0.2, 0) is 11.3 Å². The number of aromatic hydroxyl groups is 1. The Kier molecular flexibility index (Phi) is 6.11. The maximum absolute atomic E-state index is 10.6. The topological polar surface area (TPSA) is 70.0 Å². The number of carboxylic acid groups (broad SMARTS) is 1. The summed E-state index contributed by atoms with van der Waals surface area (Å²) in [5.74, 6) is -0.332. The van der Waals surface area contributed by atoms with Gasteiger partial charge >= 0.3 is 5.97 Å². The molecule has 0 spiro atoms. The van der Waals surface area contributed by atoms with Gasteiger partial charge in [-0.3, -0.25) is 9.69 Å². The summed E-state index contributed by atoms with van der Waals surface area (Å²) in [4.78, 5) is 12.6. The summed E-state index contributed by atoms with van der Waals surface area (Å²) in [5.41, 5.74) is 0.953. The van der Waals surface area contributed by atoms with Gasteiger partial charge in [-0.25, -0.2) is 0 Å². The normalized spacial score (nSPS) is 10.7. The number of ether oxygens (including phenoxy) is 1.